The van der Waals surface area contributed by atoms with Crippen LogP contribution in [0.25, 0.3) is 0 Å². The molecule has 0 saturated heterocycles. The van der Waals surface area contributed by atoms with E-state index in [1.165, 1.54) is 18.9 Å². The van der Waals surface area contributed by atoms with E-state index in [-0.39, 0.29) is 12.3 Å². The van der Waals surface area contributed by atoms with E-state index >= 15 is 0 Å². The van der Waals surface area contributed by atoms with Gasteiger partial charge in [0.2, 0.25) is 6.29 Å². The highest BCUT2D eigenvalue weighted by Crippen LogP contribution is 2.19. The third kappa shape index (κ3) is 5.41. The van der Waals surface area contributed by atoms with Gasteiger partial charge in [-0.15, -0.1) is 0 Å². The number of hydrogen-bond donors (Lipinski definition) is 0. The van der Waals surface area contributed by atoms with E-state index in [1.807, 2.05) is 0 Å². The van der Waals surface area contributed by atoms with Crippen molar-refractivity contribution in [2.45, 2.75) is 44.9 Å². The minimum absolute atomic E-state index is 0.00438. The van der Waals surface area contributed by atoms with Gasteiger partial charge in [-0.1, -0.05) is 6.42 Å². The van der Waals surface area contributed by atoms with Crippen molar-refractivity contribution in [1.82, 2.24) is 4.90 Å². The second kappa shape index (κ2) is 8.23. The van der Waals surface area contributed by atoms with Crippen molar-refractivity contribution in [2.75, 3.05) is 13.7 Å². The third-order valence-electron chi connectivity index (χ3n) is 3.11. The summed E-state index contributed by atoms with van der Waals surface area (Å²) in [6.07, 6.45) is 0.889. The Labute approximate surface area is 122 Å². The van der Waals surface area contributed by atoms with Gasteiger partial charge in [0.15, 0.2) is 12.4 Å². The molecule has 0 aromatic heterocycles. The van der Waals surface area contributed by atoms with E-state index in [4.69, 9.17) is 9.47 Å². The molecule has 8 nitrogen and oxygen atoms in total. The number of rotatable bonds is 6. The Kier molecular flexibility index (Phi) is 6.64. The third-order valence-corrected chi connectivity index (χ3v) is 3.11. The van der Waals surface area contributed by atoms with Crippen LogP contribution >= 0.6 is 0 Å². The molecule has 2 unspecified atom stereocenters. The first-order chi connectivity index (χ1) is 9.95. The van der Waals surface area contributed by atoms with Crippen molar-refractivity contribution in [3.05, 3.63) is 0 Å². The van der Waals surface area contributed by atoms with Gasteiger partial charge in [-0.05, 0) is 12.8 Å². The number of amides is 1. The molecule has 1 aliphatic rings. The maximum Gasteiger partial charge on any atom is 0.413 e. The summed E-state index contributed by atoms with van der Waals surface area (Å²) in [6.45, 7) is 0.913. The quantitative estimate of drug-likeness (QED) is 0.403. The second-order valence-electron chi connectivity index (χ2n) is 4.69. The maximum atomic E-state index is 11.9. The Morgan fingerprint density at radius 2 is 2.10 bits per heavy atom. The molecule has 0 heterocycles. The highest BCUT2D eigenvalue weighted by atomic mass is 16.7. The van der Waals surface area contributed by atoms with Crippen LogP contribution in [0.3, 0.4) is 0 Å². The molecule has 21 heavy (non-hydrogen) atoms. The Morgan fingerprint density at radius 3 is 2.71 bits per heavy atom. The molecule has 0 aromatic rings. The normalized spacial score (nSPS) is 19.3. The Bertz CT molecular complexity index is 409. The first-order valence-corrected chi connectivity index (χ1v) is 6.66. The lowest BCUT2D eigenvalue weighted by Crippen LogP contribution is -2.45. The predicted octanol–water partition coefficient (Wildman–Crippen LogP) is 0.629. The van der Waals surface area contributed by atoms with Crippen molar-refractivity contribution in [3.63, 3.8) is 0 Å². The van der Waals surface area contributed by atoms with E-state index in [9.17, 15) is 19.2 Å². The number of likely N-dealkylation sites (N-methyl/N-ethyl adjacent to an activating group) is 1. The molecule has 2 atom stereocenters. The Balaban J connectivity index is 2.42. The van der Waals surface area contributed by atoms with Crippen LogP contribution in [0.1, 0.15) is 32.6 Å². The lowest BCUT2D eigenvalue weighted by Gasteiger charge is -2.29. The molecule has 1 saturated carbocycles. The van der Waals surface area contributed by atoms with Crippen LogP contribution in [-0.4, -0.2) is 55.2 Å². The standard InChI is InChI=1S/C13H19NO7/c1-9(20-12(17)7-19-8-15)21-13(18)14(2)10-5-3-4-6-11(10)16/h8-10H,3-7H2,1-2H3. The van der Waals surface area contributed by atoms with Crippen molar-refractivity contribution < 1.29 is 33.4 Å². The summed E-state index contributed by atoms with van der Waals surface area (Å²) >= 11 is 0. The molecular weight excluding hydrogens is 282 g/mol. The van der Waals surface area contributed by atoms with Crippen molar-refractivity contribution in [3.8, 4) is 0 Å². The highest BCUT2D eigenvalue weighted by Gasteiger charge is 2.30. The van der Waals surface area contributed by atoms with Gasteiger partial charge in [-0.2, -0.15) is 0 Å². The van der Waals surface area contributed by atoms with Gasteiger partial charge in [0, 0.05) is 20.4 Å². The molecule has 0 N–H and O–H groups in total. The average Bonchev–Trinajstić information content (AvgIpc) is 2.44. The number of esters is 1. The number of ether oxygens (including phenoxy) is 3. The van der Waals surface area contributed by atoms with Gasteiger partial charge in [0.05, 0.1) is 6.04 Å². The fraction of sp³-hybridized carbons (Fsp3) is 0.692. The minimum Gasteiger partial charge on any atom is -0.456 e. The molecular formula is C13H19NO7. The summed E-state index contributed by atoms with van der Waals surface area (Å²) in [7, 11) is 1.47. The number of carbonyl (C=O) groups excluding carboxylic acids is 4. The number of Topliss-reactive ketones (excluding diaryl/α,β-unsaturated/α-hetero) is 1. The zero-order chi connectivity index (χ0) is 15.8. The predicted molar refractivity (Wildman–Crippen MR) is 69.1 cm³/mol. The van der Waals surface area contributed by atoms with Gasteiger partial charge in [-0.25, -0.2) is 9.59 Å². The van der Waals surface area contributed by atoms with Crippen molar-refractivity contribution in [2.24, 2.45) is 0 Å². The van der Waals surface area contributed by atoms with Crippen LogP contribution in [-0.2, 0) is 28.6 Å². The molecule has 1 aliphatic carbocycles. The molecule has 1 amide bonds. The first-order valence-electron chi connectivity index (χ1n) is 6.66. The first kappa shape index (κ1) is 16.9. The summed E-state index contributed by atoms with van der Waals surface area (Å²) in [4.78, 5) is 45.9. The SMILES string of the molecule is CC(OC(=O)COC=O)OC(=O)N(C)C1CCCCC1=O. The zero-order valence-corrected chi connectivity index (χ0v) is 12.1. The number of ketones is 1. The molecule has 0 radical (unpaired) electrons. The van der Waals surface area contributed by atoms with Crippen LogP contribution in [0.4, 0.5) is 4.79 Å². The molecule has 0 aliphatic heterocycles. The largest absolute Gasteiger partial charge is 0.456 e. The van der Waals surface area contributed by atoms with Crippen molar-refractivity contribution in [1.29, 1.82) is 0 Å². The van der Waals surface area contributed by atoms with Crippen molar-refractivity contribution >= 4 is 24.3 Å². The highest BCUT2D eigenvalue weighted by molar-refractivity contribution is 5.87. The molecule has 0 bridgehead atoms. The average molecular weight is 301 g/mol. The van der Waals surface area contributed by atoms with Gasteiger partial charge >= 0.3 is 12.1 Å². The molecule has 1 rings (SSSR count). The summed E-state index contributed by atoms with van der Waals surface area (Å²) in [5, 5.41) is 0. The maximum absolute atomic E-state index is 11.9. The van der Waals surface area contributed by atoms with Crippen LogP contribution in [0, 0.1) is 0 Å². The van der Waals surface area contributed by atoms with Crippen LogP contribution in [0.2, 0.25) is 0 Å². The Hall–Kier alpha value is -2.12. The summed E-state index contributed by atoms with van der Waals surface area (Å²) in [5.74, 6) is -0.830. The molecule has 118 valence electrons. The van der Waals surface area contributed by atoms with Gasteiger partial charge in [0.25, 0.3) is 6.47 Å². The number of hydrogen-bond acceptors (Lipinski definition) is 7. The second-order valence-corrected chi connectivity index (χ2v) is 4.69. The fourth-order valence-corrected chi connectivity index (χ4v) is 2.07. The topological polar surface area (TPSA) is 99.2 Å². The van der Waals surface area contributed by atoms with E-state index in [1.54, 1.807) is 0 Å². The molecule has 1 fully saturated rings. The summed E-state index contributed by atoms with van der Waals surface area (Å²) < 4.78 is 13.8. The lowest BCUT2D eigenvalue weighted by atomic mass is 9.93. The lowest BCUT2D eigenvalue weighted by molar-refractivity contribution is -0.172. The molecule has 0 aromatic carbocycles. The van der Waals surface area contributed by atoms with E-state index in [0.29, 0.717) is 12.8 Å². The van der Waals surface area contributed by atoms with Gasteiger partial charge in [0.1, 0.15) is 0 Å². The fourth-order valence-electron chi connectivity index (χ4n) is 2.07. The van der Waals surface area contributed by atoms with Gasteiger partial charge in [-0.3, -0.25) is 9.59 Å². The van der Waals surface area contributed by atoms with Crippen LogP contribution in [0.15, 0.2) is 0 Å². The van der Waals surface area contributed by atoms with E-state index in [0.717, 1.165) is 12.8 Å². The monoisotopic (exact) mass is 301 g/mol. The molecule has 0 spiro atoms. The smallest absolute Gasteiger partial charge is 0.413 e. The van der Waals surface area contributed by atoms with Crippen LogP contribution in [0.5, 0.6) is 0 Å². The number of carbonyl (C=O) groups is 4. The van der Waals surface area contributed by atoms with E-state index in [2.05, 4.69) is 4.74 Å². The van der Waals surface area contributed by atoms with Gasteiger partial charge < -0.3 is 19.1 Å². The Morgan fingerprint density at radius 1 is 1.38 bits per heavy atom. The zero-order valence-electron chi connectivity index (χ0n) is 12.1. The van der Waals surface area contributed by atoms with E-state index < -0.39 is 31.0 Å². The minimum atomic E-state index is -1.14. The summed E-state index contributed by atoms with van der Waals surface area (Å²) in [6, 6.07) is -0.493. The summed E-state index contributed by atoms with van der Waals surface area (Å²) in [5.41, 5.74) is 0. The molecule has 8 heteroatoms. The number of nitrogens with zero attached hydrogens (tertiary/aromatic N) is 1. The van der Waals surface area contributed by atoms with Crippen LogP contribution < -0.4 is 0 Å².